The van der Waals surface area contributed by atoms with Crippen LogP contribution in [0.3, 0.4) is 0 Å². The Morgan fingerprint density at radius 1 is 1.45 bits per heavy atom. The number of aromatic nitrogens is 2. The molecule has 0 saturated carbocycles. The van der Waals surface area contributed by atoms with Gasteiger partial charge in [-0.2, -0.15) is 0 Å². The van der Waals surface area contributed by atoms with Crippen LogP contribution in [0.25, 0.3) is 0 Å². The number of imidazole rings is 1. The molecule has 2 aromatic rings. The Bertz CT molecular complexity index is 627. The largest absolute Gasteiger partial charge is 0.465 e. The Hall–Kier alpha value is -2.30. The highest BCUT2D eigenvalue weighted by Crippen LogP contribution is 2.42. The van der Waals surface area contributed by atoms with Gasteiger partial charge in [-0.25, -0.2) is 9.78 Å². The molecule has 3 rings (SSSR count). The molecular formula is C17H21N3O2. The topological polar surface area (TPSA) is 69.2 Å². The molecule has 1 aliphatic rings. The van der Waals surface area contributed by atoms with Gasteiger partial charge < -0.3 is 15.0 Å². The van der Waals surface area contributed by atoms with Gasteiger partial charge in [0.15, 0.2) is 0 Å². The highest BCUT2D eigenvalue weighted by Gasteiger charge is 2.44. The van der Waals surface area contributed by atoms with Crippen molar-refractivity contribution in [1.29, 1.82) is 0 Å². The third kappa shape index (κ3) is 2.36. The number of likely N-dealkylation sites (tertiary alicyclic amines) is 1. The molecule has 1 aliphatic heterocycles. The van der Waals surface area contributed by atoms with Crippen molar-refractivity contribution in [2.75, 3.05) is 6.54 Å². The maximum Gasteiger partial charge on any atom is 0.407 e. The molecule has 22 heavy (non-hydrogen) atoms. The Labute approximate surface area is 130 Å². The first kappa shape index (κ1) is 14.6. The average Bonchev–Trinajstić information content (AvgIpc) is 3.10. The summed E-state index contributed by atoms with van der Waals surface area (Å²) < 4.78 is 0. The molecule has 2 heterocycles. The zero-order chi connectivity index (χ0) is 15.6. The number of rotatable bonds is 3. The number of benzene rings is 1. The summed E-state index contributed by atoms with van der Waals surface area (Å²) in [5.74, 6) is 0.933. The lowest BCUT2D eigenvalue weighted by molar-refractivity contribution is 0.0841. The van der Waals surface area contributed by atoms with Gasteiger partial charge >= 0.3 is 6.09 Å². The molecule has 2 unspecified atom stereocenters. The fraction of sp³-hybridized carbons (Fsp3) is 0.412. The first-order valence-electron chi connectivity index (χ1n) is 7.72. The molecule has 1 aromatic carbocycles. The maximum absolute atomic E-state index is 11.5. The second-order valence-corrected chi connectivity index (χ2v) is 5.88. The van der Waals surface area contributed by atoms with Crippen LogP contribution in [0.2, 0.25) is 0 Å². The van der Waals surface area contributed by atoms with Gasteiger partial charge in [0.25, 0.3) is 0 Å². The number of nitrogens with zero attached hydrogens (tertiary/aromatic N) is 2. The minimum absolute atomic E-state index is 0.0107. The highest BCUT2D eigenvalue weighted by molar-refractivity contribution is 5.65. The van der Waals surface area contributed by atoms with E-state index in [1.54, 1.807) is 11.1 Å². The summed E-state index contributed by atoms with van der Waals surface area (Å²) in [5.41, 5.74) is 0.964. The van der Waals surface area contributed by atoms with Crippen molar-refractivity contribution in [2.24, 2.45) is 0 Å². The number of aromatic amines is 1. The number of hydrogen-bond donors (Lipinski definition) is 2. The lowest BCUT2D eigenvalue weighted by atomic mass is 9.69. The molecule has 2 atom stereocenters. The summed E-state index contributed by atoms with van der Waals surface area (Å²) in [6, 6.07) is 10.3. The predicted octanol–water partition coefficient (Wildman–Crippen LogP) is 3.25. The number of carbonyl (C=O) groups is 1. The van der Waals surface area contributed by atoms with Crippen LogP contribution in [0.15, 0.2) is 42.7 Å². The quantitative estimate of drug-likeness (QED) is 0.914. The van der Waals surface area contributed by atoms with E-state index >= 15 is 0 Å². The summed E-state index contributed by atoms with van der Waals surface area (Å²) in [5, 5.41) is 9.41. The van der Waals surface area contributed by atoms with Gasteiger partial charge in [0.05, 0.1) is 5.41 Å². The molecule has 0 spiro atoms. The number of nitrogens with one attached hydrogen (secondary N) is 1. The van der Waals surface area contributed by atoms with Gasteiger partial charge in [-0.3, -0.25) is 0 Å². The van der Waals surface area contributed by atoms with Crippen LogP contribution in [0.1, 0.15) is 37.6 Å². The summed E-state index contributed by atoms with van der Waals surface area (Å²) in [6.07, 6.45) is 5.09. The Balaban J connectivity index is 2.04. The first-order chi connectivity index (χ1) is 10.7. The van der Waals surface area contributed by atoms with Crippen molar-refractivity contribution in [3.63, 3.8) is 0 Å². The van der Waals surface area contributed by atoms with Crippen molar-refractivity contribution in [3.05, 3.63) is 54.1 Å². The molecule has 0 bridgehead atoms. The molecule has 2 N–H and O–H groups in total. The third-order valence-corrected chi connectivity index (χ3v) is 4.80. The molecule has 1 aromatic heterocycles. The van der Waals surface area contributed by atoms with Gasteiger partial charge in [-0.1, -0.05) is 37.3 Å². The number of amides is 1. The van der Waals surface area contributed by atoms with E-state index in [2.05, 4.69) is 22.1 Å². The van der Waals surface area contributed by atoms with Crippen LogP contribution in [-0.4, -0.2) is 38.7 Å². The van der Waals surface area contributed by atoms with Gasteiger partial charge in [0, 0.05) is 25.0 Å². The van der Waals surface area contributed by atoms with Crippen LogP contribution in [0.4, 0.5) is 4.79 Å². The number of piperidine rings is 1. The lowest BCUT2D eigenvalue weighted by Gasteiger charge is -2.45. The van der Waals surface area contributed by atoms with Crippen LogP contribution < -0.4 is 0 Å². The van der Waals surface area contributed by atoms with E-state index in [1.165, 1.54) is 5.56 Å². The molecule has 5 heteroatoms. The van der Waals surface area contributed by atoms with Crippen LogP contribution in [0, 0.1) is 0 Å². The van der Waals surface area contributed by atoms with E-state index in [9.17, 15) is 9.90 Å². The molecular weight excluding hydrogens is 278 g/mol. The Morgan fingerprint density at radius 2 is 2.23 bits per heavy atom. The van der Waals surface area contributed by atoms with Crippen LogP contribution in [-0.2, 0) is 5.41 Å². The van der Waals surface area contributed by atoms with Gasteiger partial charge in [-0.05, 0) is 24.8 Å². The van der Waals surface area contributed by atoms with Crippen molar-refractivity contribution >= 4 is 6.09 Å². The van der Waals surface area contributed by atoms with Crippen molar-refractivity contribution in [3.8, 4) is 0 Å². The molecule has 0 radical (unpaired) electrons. The average molecular weight is 299 g/mol. The van der Waals surface area contributed by atoms with Crippen LogP contribution >= 0.6 is 0 Å². The second-order valence-electron chi connectivity index (χ2n) is 5.88. The minimum Gasteiger partial charge on any atom is -0.465 e. The standard InChI is InChI=1S/C17H21N3O2/c1-2-14-12-17(15-18-9-10-19-15,8-11-20(14)16(21)22)13-6-4-3-5-7-13/h3-7,9-10,14H,2,8,11-12H2,1H3,(H,18,19)(H,21,22). The first-order valence-corrected chi connectivity index (χ1v) is 7.72. The Kier molecular flexibility index (Phi) is 3.88. The van der Waals surface area contributed by atoms with Crippen molar-refractivity contribution in [1.82, 2.24) is 14.9 Å². The molecule has 1 amide bonds. The van der Waals surface area contributed by atoms with E-state index in [1.807, 2.05) is 31.3 Å². The molecule has 5 nitrogen and oxygen atoms in total. The summed E-state index contributed by atoms with van der Waals surface area (Å²) in [6.45, 7) is 2.58. The smallest absolute Gasteiger partial charge is 0.407 e. The number of H-pyrrole nitrogens is 1. The lowest BCUT2D eigenvalue weighted by Crippen LogP contribution is -2.51. The van der Waals surface area contributed by atoms with Gasteiger partial charge in [-0.15, -0.1) is 0 Å². The van der Waals surface area contributed by atoms with Crippen molar-refractivity contribution < 1.29 is 9.90 Å². The van der Waals surface area contributed by atoms with E-state index in [0.717, 1.165) is 25.1 Å². The van der Waals surface area contributed by atoms with E-state index in [0.29, 0.717) is 6.54 Å². The Morgan fingerprint density at radius 3 is 2.82 bits per heavy atom. The van der Waals surface area contributed by atoms with Gasteiger partial charge in [0.2, 0.25) is 0 Å². The molecule has 1 fully saturated rings. The monoisotopic (exact) mass is 299 g/mol. The van der Waals surface area contributed by atoms with E-state index < -0.39 is 6.09 Å². The molecule has 116 valence electrons. The number of carboxylic acid groups (broad SMARTS) is 1. The van der Waals surface area contributed by atoms with Crippen molar-refractivity contribution in [2.45, 2.75) is 37.6 Å². The van der Waals surface area contributed by atoms with Gasteiger partial charge in [0.1, 0.15) is 5.82 Å². The minimum atomic E-state index is -0.826. The summed E-state index contributed by atoms with van der Waals surface area (Å²) >= 11 is 0. The highest BCUT2D eigenvalue weighted by atomic mass is 16.4. The zero-order valence-electron chi connectivity index (χ0n) is 12.7. The van der Waals surface area contributed by atoms with E-state index in [4.69, 9.17) is 0 Å². The second kappa shape index (κ2) is 5.83. The summed E-state index contributed by atoms with van der Waals surface area (Å²) in [7, 11) is 0. The predicted molar refractivity (Wildman–Crippen MR) is 83.9 cm³/mol. The fourth-order valence-corrected chi connectivity index (χ4v) is 3.62. The normalized spacial score (nSPS) is 25.1. The van der Waals surface area contributed by atoms with Crippen LogP contribution in [0.5, 0.6) is 0 Å². The third-order valence-electron chi connectivity index (χ3n) is 4.80. The fourth-order valence-electron chi connectivity index (χ4n) is 3.62. The molecule has 0 aliphatic carbocycles. The van der Waals surface area contributed by atoms with E-state index in [-0.39, 0.29) is 11.5 Å². The number of hydrogen-bond acceptors (Lipinski definition) is 2. The maximum atomic E-state index is 11.5. The summed E-state index contributed by atoms with van der Waals surface area (Å²) in [4.78, 5) is 20.8. The zero-order valence-corrected chi connectivity index (χ0v) is 12.7. The SMILES string of the molecule is CCC1CC(c2ccccc2)(c2ncc[nH]2)CCN1C(=O)O. The molecule has 1 saturated heterocycles.